The molecule has 2 amide bonds. The van der Waals surface area contributed by atoms with Crippen LogP contribution in [0.5, 0.6) is 0 Å². The van der Waals surface area contributed by atoms with Crippen molar-refractivity contribution in [1.29, 1.82) is 0 Å². The van der Waals surface area contributed by atoms with Gasteiger partial charge >= 0.3 is 12.0 Å². The third-order valence-corrected chi connectivity index (χ3v) is 3.59. The van der Waals surface area contributed by atoms with Crippen LogP contribution in [-0.4, -0.2) is 39.6 Å². The van der Waals surface area contributed by atoms with Crippen molar-refractivity contribution in [2.75, 3.05) is 6.54 Å². The van der Waals surface area contributed by atoms with Crippen molar-refractivity contribution in [2.24, 2.45) is 0 Å². The number of nitrogens with one attached hydrogen (secondary N) is 1. The van der Waals surface area contributed by atoms with Crippen LogP contribution < -0.4 is 5.32 Å². The zero-order valence-corrected chi connectivity index (χ0v) is 10.7. The highest BCUT2D eigenvalue weighted by atomic mass is 32.1. The van der Waals surface area contributed by atoms with E-state index in [9.17, 15) is 9.59 Å². The van der Waals surface area contributed by atoms with Crippen molar-refractivity contribution in [3.8, 4) is 0 Å². The highest BCUT2D eigenvalue weighted by molar-refractivity contribution is 7.07. The van der Waals surface area contributed by atoms with E-state index in [2.05, 4.69) is 10.3 Å². The summed E-state index contributed by atoms with van der Waals surface area (Å²) in [5.41, 5.74) is 2.53. The standard InChI is InChI=1S/C11H15N3O3S/c15-10(16)4-9-2-1-3-14(9)11(17)12-5-8-6-18-7-13-8/h6-7,9H,1-5H2,(H,12,17)(H,15,16). The summed E-state index contributed by atoms with van der Waals surface area (Å²) in [5.74, 6) is -0.862. The number of urea groups is 1. The molecule has 0 saturated carbocycles. The molecule has 1 atom stereocenters. The largest absolute Gasteiger partial charge is 0.481 e. The van der Waals surface area contributed by atoms with E-state index in [1.165, 1.54) is 11.3 Å². The number of carboxylic acids is 1. The molecule has 1 unspecified atom stereocenters. The van der Waals surface area contributed by atoms with Gasteiger partial charge in [0, 0.05) is 18.0 Å². The maximum Gasteiger partial charge on any atom is 0.317 e. The number of nitrogens with zero attached hydrogens (tertiary/aromatic N) is 2. The molecule has 0 radical (unpaired) electrons. The van der Waals surface area contributed by atoms with Crippen molar-refractivity contribution in [3.63, 3.8) is 0 Å². The Morgan fingerprint density at radius 2 is 2.44 bits per heavy atom. The van der Waals surface area contributed by atoms with E-state index in [-0.39, 0.29) is 18.5 Å². The zero-order chi connectivity index (χ0) is 13.0. The summed E-state index contributed by atoms with van der Waals surface area (Å²) < 4.78 is 0. The van der Waals surface area contributed by atoms with E-state index >= 15 is 0 Å². The molecule has 2 heterocycles. The lowest BCUT2D eigenvalue weighted by Gasteiger charge is -2.23. The summed E-state index contributed by atoms with van der Waals surface area (Å²) in [6, 6.07) is -0.385. The molecular weight excluding hydrogens is 254 g/mol. The first kappa shape index (κ1) is 12.8. The number of carbonyl (C=O) groups is 2. The van der Waals surface area contributed by atoms with Gasteiger partial charge in [-0.25, -0.2) is 9.78 Å². The summed E-state index contributed by atoms with van der Waals surface area (Å²) in [6.45, 7) is 1.01. The van der Waals surface area contributed by atoms with E-state index in [0.717, 1.165) is 18.5 Å². The van der Waals surface area contributed by atoms with E-state index in [4.69, 9.17) is 5.11 Å². The van der Waals surface area contributed by atoms with Gasteiger partial charge in [0.2, 0.25) is 0 Å². The Balaban J connectivity index is 1.85. The molecule has 0 aliphatic carbocycles. The quantitative estimate of drug-likeness (QED) is 0.863. The second kappa shape index (κ2) is 5.81. The molecular formula is C11H15N3O3S. The number of rotatable bonds is 4. The van der Waals surface area contributed by atoms with Crippen molar-refractivity contribution in [2.45, 2.75) is 31.8 Å². The van der Waals surface area contributed by atoms with Gasteiger partial charge in [-0.1, -0.05) is 0 Å². The number of thiazole rings is 1. The normalized spacial score (nSPS) is 18.9. The lowest BCUT2D eigenvalue weighted by Crippen LogP contribution is -2.43. The molecule has 2 N–H and O–H groups in total. The molecule has 98 valence electrons. The fourth-order valence-electron chi connectivity index (χ4n) is 2.11. The summed E-state index contributed by atoms with van der Waals surface area (Å²) in [6.07, 6.45) is 1.64. The lowest BCUT2D eigenvalue weighted by molar-refractivity contribution is -0.137. The third kappa shape index (κ3) is 3.19. The van der Waals surface area contributed by atoms with Crippen LogP contribution in [-0.2, 0) is 11.3 Å². The number of likely N-dealkylation sites (tertiary alicyclic amines) is 1. The van der Waals surface area contributed by atoms with Crippen LogP contribution in [0.2, 0.25) is 0 Å². The Hall–Kier alpha value is -1.63. The lowest BCUT2D eigenvalue weighted by atomic mass is 10.1. The maximum atomic E-state index is 11.9. The molecule has 0 spiro atoms. The average molecular weight is 269 g/mol. The molecule has 7 heteroatoms. The molecule has 1 aliphatic heterocycles. The Bertz CT molecular complexity index is 421. The average Bonchev–Trinajstić information content (AvgIpc) is 2.95. The smallest absolute Gasteiger partial charge is 0.317 e. The second-order valence-electron chi connectivity index (χ2n) is 4.23. The van der Waals surface area contributed by atoms with E-state index in [1.807, 2.05) is 5.38 Å². The Kier molecular flexibility index (Phi) is 4.14. The van der Waals surface area contributed by atoms with E-state index in [0.29, 0.717) is 13.1 Å². The van der Waals surface area contributed by atoms with Crippen LogP contribution in [0.25, 0.3) is 0 Å². The SMILES string of the molecule is O=C(O)CC1CCCN1C(=O)NCc1cscn1. The minimum absolute atomic E-state index is 0.0180. The summed E-state index contributed by atoms with van der Waals surface area (Å²) in [7, 11) is 0. The molecule has 1 aliphatic rings. The van der Waals surface area contributed by atoms with E-state index < -0.39 is 5.97 Å². The molecule has 0 aromatic carbocycles. The first-order valence-corrected chi connectivity index (χ1v) is 6.74. The minimum atomic E-state index is -0.862. The molecule has 1 aromatic heterocycles. The van der Waals surface area contributed by atoms with Gasteiger partial charge < -0.3 is 15.3 Å². The number of hydrogen-bond acceptors (Lipinski definition) is 4. The molecule has 1 fully saturated rings. The number of aliphatic carboxylic acids is 1. The monoisotopic (exact) mass is 269 g/mol. The summed E-state index contributed by atoms with van der Waals surface area (Å²) in [5, 5.41) is 13.4. The fraction of sp³-hybridized carbons (Fsp3) is 0.545. The van der Waals surface area contributed by atoms with Crippen molar-refractivity contribution < 1.29 is 14.7 Å². The predicted molar refractivity (Wildman–Crippen MR) is 66.3 cm³/mol. The number of amides is 2. The Morgan fingerprint density at radius 3 is 3.11 bits per heavy atom. The highest BCUT2D eigenvalue weighted by Crippen LogP contribution is 2.20. The summed E-state index contributed by atoms with van der Waals surface area (Å²) >= 11 is 1.48. The van der Waals surface area contributed by atoms with Crippen molar-refractivity contribution in [1.82, 2.24) is 15.2 Å². The predicted octanol–water partition coefficient (Wildman–Crippen LogP) is 1.29. The Labute approximate surface area is 109 Å². The zero-order valence-electron chi connectivity index (χ0n) is 9.83. The Morgan fingerprint density at radius 1 is 1.61 bits per heavy atom. The molecule has 0 bridgehead atoms. The highest BCUT2D eigenvalue weighted by Gasteiger charge is 2.30. The minimum Gasteiger partial charge on any atom is -0.481 e. The molecule has 1 saturated heterocycles. The fourth-order valence-corrected chi connectivity index (χ4v) is 2.67. The molecule has 6 nitrogen and oxygen atoms in total. The van der Waals surface area contributed by atoms with Gasteiger partial charge in [0.25, 0.3) is 0 Å². The van der Waals surface area contributed by atoms with Gasteiger partial charge in [-0.05, 0) is 12.8 Å². The molecule has 18 heavy (non-hydrogen) atoms. The van der Waals surface area contributed by atoms with Gasteiger partial charge in [-0.15, -0.1) is 11.3 Å². The number of aromatic nitrogens is 1. The van der Waals surface area contributed by atoms with Gasteiger partial charge in [-0.2, -0.15) is 0 Å². The first-order chi connectivity index (χ1) is 8.66. The summed E-state index contributed by atoms with van der Waals surface area (Å²) in [4.78, 5) is 28.3. The van der Waals surface area contributed by atoms with Crippen LogP contribution in [0.4, 0.5) is 4.79 Å². The van der Waals surface area contributed by atoms with E-state index in [1.54, 1.807) is 10.4 Å². The third-order valence-electron chi connectivity index (χ3n) is 2.95. The van der Waals surface area contributed by atoms with Crippen molar-refractivity contribution in [3.05, 3.63) is 16.6 Å². The second-order valence-corrected chi connectivity index (χ2v) is 4.94. The van der Waals surface area contributed by atoms with Crippen LogP contribution >= 0.6 is 11.3 Å². The molecule has 1 aromatic rings. The van der Waals surface area contributed by atoms with Crippen molar-refractivity contribution >= 4 is 23.3 Å². The van der Waals surface area contributed by atoms with Crippen LogP contribution in [0.1, 0.15) is 25.0 Å². The number of hydrogen-bond donors (Lipinski definition) is 2. The van der Waals surface area contributed by atoms with Crippen LogP contribution in [0.3, 0.4) is 0 Å². The van der Waals surface area contributed by atoms with Gasteiger partial charge in [-0.3, -0.25) is 4.79 Å². The molecule has 2 rings (SSSR count). The number of carboxylic acid groups (broad SMARTS) is 1. The maximum absolute atomic E-state index is 11.9. The van der Waals surface area contributed by atoms with Crippen LogP contribution in [0, 0.1) is 0 Å². The van der Waals surface area contributed by atoms with Gasteiger partial charge in [0.1, 0.15) is 0 Å². The number of carbonyl (C=O) groups excluding carboxylic acids is 1. The van der Waals surface area contributed by atoms with Gasteiger partial charge in [0.05, 0.1) is 24.2 Å². The topological polar surface area (TPSA) is 82.5 Å². The van der Waals surface area contributed by atoms with Gasteiger partial charge in [0.15, 0.2) is 0 Å². The first-order valence-electron chi connectivity index (χ1n) is 5.80. The van der Waals surface area contributed by atoms with Crippen LogP contribution in [0.15, 0.2) is 10.9 Å².